The van der Waals surface area contributed by atoms with Gasteiger partial charge < -0.3 is 5.41 Å². The molecule has 72 valence electrons. The molecule has 2 atom stereocenters. The quantitative estimate of drug-likeness (QED) is 0.573. The lowest BCUT2D eigenvalue weighted by molar-refractivity contribution is 0.112. The Bertz CT molecular complexity index is 384. The van der Waals surface area contributed by atoms with Gasteiger partial charge in [0.05, 0.1) is 0 Å². The van der Waals surface area contributed by atoms with E-state index >= 15 is 0 Å². The van der Waals surface area contributed by atoms with E-state index in [2.05, 4.69) is 6.92 Å². The lowest BCUT2D eigenvalue weighted by Crippen LogP contribution is -1.93. The molecular formula is C12H13NO. The number of hydrogen-bond acceptors (Lipinski definition) is 2. The van der Waals surface area contributed by atoms with E-state index in [1.165, 1.54) is 18.2 Å². The molecule has 1 aliphatic rings. The Labute approximate surface area is 83.5 Å². The number of rotatable bonds is 3. The van der Waals surface area contributed by atoms with Crippen LogP contribution in [0.15, 0.2) is 18.2 Å². The number of nitrogens with one attached hydrogen (secondary N) is 1. The van der Waals surface area contributed by atoms with Gasteiger partial charge in [-0.1, -0.05) is 19.1 Å². The molecule has 0 aliphatic heterocycles. The molecule has 14 heavy (non-hydrogen) atoms. The second-order valence-corrected chi connectivity index (χ2v) is 3.97. The molecule has 1 aromatic carbocycles. The van der Waals surface area contributed by atoms with E-state index in [1.54, 1.807) is 0 Å². The van der Waals surface area contributed by atoms with Crippen molar-refractivity contribution in [1.82, 2.24) is 0 Å². The fourth-order valence-electron chi connectivity index (χ4n) is 1.84. The maximum atomic E-state index is 10.6. The van der Waals surface area contributed by atoms with Gasteiger partial charge in [0.15, 0.2) is 6.29 Å². The third-order valence-corrected chi connectivity index (χ3v) is 2.93. The molecule has 0 bridgehead atoms. The molecule has 1 saturated carbocycles. The molecule has 0 aromatic heterocycles. The van der Waals surface area contributed by atoms with Gasteiger partial charge in [-0.3, -0.25) is 4.79 Å². The van der Waals surface area contributed by atoms with Crippen molar-refractivity contribution in [2.24, 2.45) is 5.92 Å². The first kappa shape index (κ1) is 9.13. The van der Waals surface area contributed by atoms with Crippen molar-refractivity contribution in [2.45, 2.75) is 19.3 Å². The highest BCUT2D eigenvalue weighted by Gasteiger charge is 2.33. The van der Waals surface area contributed by atoms with Crippen LogP contribution in [0, 0.1) is 11.3 Å². The Kier molecular flexibility index (Phi) is 2.20. The van der Waals surface area contributed by atoms with E-state index in [4.69, 9.17) is 5.41 Å². The van der Waals surface area contributed by atoms with Gasteiger partial charge in [-0.05, 0) is 29.9 Å². The van der Waals surface area contributed by atoms with Crippen LogP contribution >= 0.6 is 0 Å². The fourth-order valence-corrected chi connectivity index (χ4v) is 1.84. The summed E-state index contributed by atoms with van der Waals surface area (Å²) in [6.07, 6.45) is 3.29. The molecule has 2 nitrogen and oxygen atoms in total. The SMILES string of the molecule is CC1CC1c1ccc(C=O)c(C=N)c1. The Morgan fingerprint density at radius 2 is 2.14 bits per heavy atom. The second kappa shape index (κ2) is 3.37. The minimum absolute atomic E-state index is 0.608. The summed E-state index contributed by atoms with van der Waals surface area (Å²) >= 11 is 0. The van der Waals surface area contributed by atoms with E-state index in [1.807, 2.05) is 18.2 Å². The molecular weight excluding hydrogens is 174 g/mol. The van der Waals surface area contributed by atoms with Gasteiger partial charge in [-0.25, -0.2) is 0 Å². The summed E-state index contributed by atoms with van der Waals surface area (Å²) in [7, 11) is 0. The van der Waals surface area contributed by atoms with Crippen LogP contribution in [0.4, 0.5) is 0 Å². The van der Waals surface area contributed by atoms with Crippen LogP contribution in [0.2, 0.25) is 0 Å². The molecule has 0 radical (unpaired) electrons. The maximum Gasteiger partial charge on any atom is 0.150 e. The van der Waals surface area contributed by atoms with E-state index < -0.39 is 0 Å². The first-order valence-corrected chi connectivity index (χ1v) is 4.86. The zero-order chi connectivity index (χ0) is 10.1. The molecule has 1 aromatic rings. The smallest absolute Gasteiger partial charge is 0.150 e. The standard InChI is InChI=1S/C12H13NO/c1-8-4-12(8)9-2-3-10(7-14)11(5-9)6-13/h2-3,5-8,12-13H,4H2,1H3. The van der Waals surface area contributed by atoms with Crippen LogP contribution in [-0.4, -0.2) is 12.5 Å². The summed E-state index contributed by atoms with van der Waals surface area (Å²) in [5, 5.41) is 7.21. The van der Waals surface area contributed by atoms with Crippen LogP contribution in [-0.2, 0) is 0 Å². The summed E-state index contributed by atoms with van der Waals surface area (Å²) in [4.78, 5) is 10.6. The first-order valence-electron chi connectivity index (χ1n) is 4.86. The lowest BCUT2D eigenvalue weighted by atomic mass is 10.0. The lowest BCUT2D eigenvalue weighted by Gasteiger charge is -2.02. The molecule has 1 N–H and O–H groups in total. The van der Waals surface area contributed by atoms with Crippen LogP contribution in [0.5, 0.6) is 0 Å². The molecule has 1 fully saturated rings. The monoisotopic (exact) mass is 187 g/mol. The van der Waals surface area contributed by atoms with E-state index in [0.29, 0.717) is 11.5 Å². The molecule has 0 heterocycles. The van der Waals surface area contributed by atoms with E-state index in [-0.39, 0.29) is 0 Å². The normalized spacial score (nSPS) is 24.4. The number of carbonyl (C=O) groups is 1. The van der Waals surface area contributed by atoms with Crippen LogP contribution < -0.4 is 0 Å². The van der Waals surface area contributed by atoms with Crippen molar-refractivity contribution >= 4 is 12.5 Å². The summed E-state index contributed by atoms with van der Waals surface area (Å²) in [5.41, 5.74) is 2.61. The minimum atomic E-state index is 0.608. The van der Waals surface area contributed by atoms with Crippen molar-refractivity contribution in [1.29, 1.82) is 5.41 Å². The number of aldehydes is 1. The van der Waals surface area contributed by atoms with Gasteiger partial charge in [0.25, 0.3) is 0 Å². The fraction of sp³-hybridized carbons (Fsp3) is 0.333. The Morgan fingerprint density at radius 1 is 1.43 bits per heavy atom. The molecule has 0 amide bonds. The molecule has 2 heteroatoms. The average molecular weight is 187 g/mol. The van der Waals surface area contributed by atoms with Gasteiger partial charge >= 0.3 is 0 Å². The zero-order valence-electron chi connectivity index (χ0n) is 8.16. The summed E-state index contributed by atoms with van der Waals surface area (Å²) in [6.45, 7) is 2.22. The second-order valence-electron chi connectivity index (χ2n) is 3.97. The Hall–Kier alpha value is -1.44. The Balaban J connectivity index is 2.36. The molecule has 2 rings (SSSR count). The van der Waals surface area contributed by atoms with E-state index in [9.17, 15) is 4.79 Å². The van der Waals surface area contributed by atoms with Crippen molar-refractivity contribution in [3.63, 3.8) is 0 Å². The molecule has 0 saturated heterocycles. The maximum absolute atomic E-state index is 10.6. The molecule has 0 spiro atoms. The van der Waals surface area contributed by atoms with Gasteiger partial charge in [-0.15, -0.1) is 0 Å². The predicted octanol–water partition coefficient (Wildman–Crippen LogP) is 2.62. The Morgan fingerprint density at radius 3 is 2.64 bits per heavy atom. The van der Waals surface area contributed by atoms with Crippen LogP contribution in [0.25, 0.3) is 0 Å². The summed E-state index contributed by atoms with van der Waals surface area (Å²) in [6, 6.07) is 5.78. The number of carbonyl (C=O) groups excluding carboxylic acids is 1. The van der Waals surface area contributed by atoms with Crippen molar-refractivity contribution in [3.05, 3.63) is 34.9 Å². The van der Waals surface area contributed by atoms with Crippen LogP contribution in [0.3, 0.4) is 0 Å². The van der Waals surface area contributed by atoms with Crippen molar-refractivity contribution < 1.29 is 4.79 Å². The number of benzene rings is 1. The topological polar surface area (TPSA) is 40.9 Å². The summed E-state index contributed by atoms with van der Waals surface area (Å²) < 4.78 is 0. The van der Waals surface area contributed by atoms with Gasteiger partial charge in [0, 0.05) is 17.3 Å². The highest BCUT2D eigenvalue weighted by molar-refractivity contribution is 5.91. The van der Waals surface area contributed by atoms with Gasteiger partial charge in [0.1, 0.15) is 0 Å². The number of hydrogen-bond donors (Lipinski definition) is 1. The van der Waals surface area contributed by atoms with E-state index in [0.717, 1.165) is 17.8 Å². The van der Waals surface area contributed by atoms with Crippen molar-refractivity contribution in [2.75, 3.05) is 0 Å². The molecule has 2 unspecified atom stereocenters. The van der Waals surface area contributed by atoms with Gasteiger partial charge in [0.2, 0.25) is 0 Å². The predicted molar refractivity (Wildman–Crippen MR) is 56.2 cm³/mol. The highest BCUT2D eigenvalue weighted by atomic mass is 16.1. The summed E-state index contributed by atoms with van der Waals surface area (Å²) in [5.74, 6) is 1.41. The third kappa shape index (κ3) is 1.48. The zero-order valence-corrected chi connectivity index (χ0v) is 8.16. The first-order chi connectivity index (χ1) is 6.76. The van der Waals surface area contributed by atoms with Gasteiger partial charge in [-0.2, -0.15) is 0 Å². The average Bonchev–Trinajstić information content (AvgIpc) is 2.94. The van der Waals surface area contributed by atoms with Crippen molar-refractivity contribution in [3.8, 4) is 0 Å². The molecule has 1 aliphatic carbocycles. The third-order valence-electron chi connectivity index (χ3n) is 2.93. The largest absolute Gasteiger partial charge is 0.308 e. The highest BCUT2D eigenvalue weighted by Crippen LogP contribution is 2.46. The minimum Gasteiger partial charge on any atom is -0.308 e. The van der Waals surface area contributed by atoms with Crippen LogP contribution in [0.1, 0.15) is 40.7 Å².